The third kappa shape index (κ3) is 9.64. The molecule has 0 radical (unpaired) electrons. The Labute approximate surface area is 225 Å². The molecule has 0 saturated heterocycles. The molecule has 0 spiro atoms. The van der Waals surface area contributed by atoms with Crippen molar-refractivity contribution in [2.75, 3.05) is 26.2 Å². The lowest BCUT2D eigenvalue weighted by atomic mass is 10.1. The maximum absolute atomic E-state index is 12.5. The summed E-state index contributed by atoms with van der Waals surface area (Å²) < 4.78 is 35.1. The monoisotopic (exact) mass is 577 g/mol. The van der Waals surface area contributed by atoms with E-state index < -0.39 is 13.7 Å². The zero-order valence-electron chi connectivity index (χ0n) is 20.6. The number of hydrogen-bond acceptors (Lipinski definition) is 8. The minimum Gasteiger partial charge on any atom is -0.442 e. The Morgan fingerprint density at radius 1 is 1.17 bits per heavy atom. The van der Waals surface area contributed by atoms with Crippen molar-refractivity contribution in [3.63, 3.8) is 0 Å². The second-order valence-corrected chi connectivity index (χ2v) is 11.5. The molecule has 0 bridgehead atoms. The molecular formula is C23H30Cl2N3O6PS. The predicted octanol–water partition coefficient (Wildman–Crippen LogP) is 6.30. The number of halogens is 2. The standard InChI is InChI=1S/C23H30Cl2N3O6PS/c1-5-33-35(30,34-6-2)15-31-10-8-7-9-28-20(14-32-23(26)29)27-21(16(3)4)22(28)36-19-12-17(24)11-18(25)13-19/h11-13,16H,5-6,9-10,14-15H2,1-4H3,(H2,26,29). The second kappa shape index (κ2) is 14.9. The third-order valence-corrected chi connectivity index (χ3v) is 7.74. The highest BCUT2D eigenvalue weighted by Crippen LogP contribution is 2.47. The maximum atomic E-state index is 12.5. The van der Waals surface area contributed by atoms with Crippen LogP contribution < -0.4 is 5.73 Å². The first kappa shape index (κ1) is 30.5. The Morgan fingerprint density at radius 3 is 2.36 bits per heavy atom. The number of carbonyl (C=O) groups is 1. The van der Waals surface area contributed by atoms with Crippen LogP contribution in [0, 0.1) is 11.8 Å². The van der Waals surface area contributed by atoms with Gasteiger partial charge in [-0.05, 0) is 38.0 Å². The summed E-state index contributed by atoms with van der Waals surface area (Å²) in [7, 11) is -3.31. The van der Waals surface area contributed by atoms with Gasteiger partial charge in [-0.25, -0.2) is 9.78 Å². The van der Waals surface area contributed by atoms with E-state index in [-0.39, 0.29) is 45.2 Å². The van der Waals surface area contributed by atoms with Gasteiger partial charge in [0, 0.05) is 14.9 Å². The van der Waals surface area contributed by atoms with Gasteiger partial charge in [-0.2, -0.15) is 0 Å². The van der Waals surface area contributed by atoms with Crippen LogP contribution in [0.1, 0.15) is 45.1 Å². The van der Waals surface area contributed by atoms with Crippen molar-refractivity contribution in [1.82, 2.24) is 9.55 Å². The van der Waals surface area contributed by atoms with Gasteiger partial charge in [-0.15, -0.1) is 0 Å². The van der Waals surface area contributed by atoms with Crippen molar-refractivity contribution >= 4 is 48.7 Å². The highest BCUT2D eigenvalue weighted by Gasteiger charge is 2.24. The topological polar surface area (TPSA) is 115 Å². The predicted molar refractivity (Wildman–Crippen MR) is 141 cm³/mol. The number of carbonyl (C=O) groups excluding carboxylic acids is 1. The summed E-state index contributed by atoms with van der Waals surface area (Å²) in [5.74, 6) is 6.47. The van der Waals surface area contributed by atoms with Crippen molar-refractivity contribution in [2.45, 2.75) is 56.7 Å². The highest BCUT2D eigenvalue weighted by atomic mass is 35.5. The maximum Gasteiger partial charge on any atom is 0.404 e. The zero-order chi connectivity index (χ0) is 26.7. The number of rotatable bonds is 13. The van der Waals surface area contributed by atoms with Crippen molar-refractivity contribution in [1.29, 1.82) is 0 Å². The van der Waals surface area contributed by atoms with Crippen LogP contribution in [0.2, 0.25) is 10.0 Å². The number of hydrogen-bond donors (Lipinski definition) is 1. The summed E-state index contributed by atoms with van der Waals surface area (Å²) in [4.78, 5) is 16.7. The average molecular weight is 578 g/mol. The molecule has 0 aliphatic heterocycles. The van der Waals surface area contributed by atoms with Crippen molar-refractivity contribution < 1.29 is 27.9 Å². The van der Waals surface area contributed by atoms with Gasteiger partial charge in [0.2, 0.25) is 0 Å². The second-order valence-electron chi connectivity index (χ2n) is 7.55. The van der Waals surface area contributed by atoms with Gasteiger partial charge >= 0.3 is 13.7 Å². The van der Waals surface area contributed by atoms with E-state index in [9.17, 15) is 9.36 Å². The van der Waals surface area contributed by atoms with E-state index >= 15 is 0 Å². The number of benzene rings is 1. The van der Waals surface area contributed by atoms with Crippen LogP contribution >= 0.6 is 42.6 Å². The molecule has 0 saturated carbocycles. The van der Waals surface area contributed by atoms with E-state index in [0.29, 0.717) is 15.9 Å². The molecule has 13 heteroatoms. The minimum atomic E-state index is -3.31. The molecule has 0 fully saturated rings. The van der Waals surface area contributed by atoms with E-state index in [0.717, 1.165) is 15.6 Å². The Kier molecular flexibility index (Phi) is 12.6. The zero-order valence-corrected chi connectivity index (χ0v) is 23.8. The van der Waals surface area contributed by atoms with Crippen molar-refractivity contribution in [2.24, 2.45) is 5.73 Å². The van der Waals surface area contributed by atoms with Crippen molar-refractivity contribution in [3.8, 4) is 11.8 Å². The van der Waals surface area contributed by atoms with Crippen LogP contribution in [-0.2, 0) is 36.2 Å². The first-order valence-electron chi connectivity index (χ1n) is 11.2. The smallest absolute Gasteiger partial charge is 0.404 e. The number of amides is 1. The van der Waals surface area contributed by atoms with Gasteiger partial charge in [-0.3, -0.25) is 4.57 Å². The highest BCUT2D eigenvalue weighted by molar-refractivity contribution is 7.99. The Balaban J connectivity index is 2.27. The summed E-state index contributed by atoms with van der Waals surface area (Å²) in [5, 5.41) is 1.82. The van der Waals surface area contributed by atoms with Gasteiger partial charge < -0.3 is 28.8 Å². The molecule has 9 nitrogen and oxygen atoms in total. The fraction of sp³-hybridized carbons (Fsp3) is 0.478. The summed E-state index contributed by atoms with van der Waals surface area (Å²) in [6.45, 7) is 8.11. The summed E-state index contributed by atoms with van der Waals surface area (Å²) >= 11 is 13.8. The summed E-state index contributed by atoms with van der Waals surface area (Å²) in [5.41, 5.74) is 5.96. The summed E-state index contributed by atoms with van der Waals surface area (Å²) in [6, 6.07) is 5.25. The number of primary amides is 1. The molecule has 1 amide bonds. The van der Waals surface area contributed by atoms with Gasteiger partial charge in [0.15, 0.2) is 6.61 Å². The third-order valence-electron chi connectivity index (χ3n) is 4.40. The SMILES string of the molecule is CCOP(=O)(COCC#CCn1c(COC(N)=O)nc(C(C)C)c1Sc1cc(Cl)cc(Cl)c1)OCC. The molecule has 1 heterocycles. The van der Waals surface area contributed by atoms with Crippen LogP contribution in [0.4, 0.5) is 4.79 Å². The lowest BCUT2D eigenvalue weighted by Gasteiger charge is -2.15. The van der Waals surface area contributed by atoms with Crippen molar-refractivity contribution in [3.05, 3.63) is 39.8 Å². The normalized spacial score (nSPS) is 11.4. The minimum absolute atomic E-state index is 0.0232. The van der Waals surface area contributed by atoms with Gasteiger partial charge in [0.1, 0.15) is 23.8 Å². The molecule has 2 N–H and O–H groups in total. The fourth-order valence-corrected chi connectivity index (χ4v) is 6.24. The van der Waals surface area contributed by atoms with Gasteiger partial charge in [0.05, 0.1) is 25.5 Å². The van der Waals surface area contributed by atoms with Crippen LogP contribution in [0.15, 0.2) is 28.1 Å². The lowest BCUT2D eigenvalue weighted by Crippen LogP contribution is -2.15. The largest absolute Gasteiger partial charge is 0.442 e. The molecule has 0 unspecified atom stereocenters. The number of nitrogens with zero attached hydrogens (tertiary/aromatic N) is 2. The molecule has 0 aliphatic carbocycles. The molecular weight excluding hydrogens is 548 g/mol. The molecule has 36 heavy (non-hydrogen) atoms. The van der Waals surface area contributed by atoms with E-state index in [2.05, 4.69) is 16.8 Å². The van der Waals surface area contributed by atoms with Crippen LogP contribution in [0.3, 0.4) is 0 Å². The van der Waals surface area contributed by atoms with E-state index in [1.807, 2.05) is 18.4 Å². The van der Waals surface area contributed by atoms with Gasteiger partial charge in [-0.1, -0.05) is 60.7 Å². The van der Waals surface area contributed by atoms with E-state index in [1.165, 1.54) is 11.8 Å². The lowest BCUT2D eigenvalue weighted by molar-refractivity contribution is 0.145. The van der Waals surface area contributed by atoms with E-state index in [1.54, 1.807) is 32.0 Å². The Bertz CT molecular complexity index is 1120. The average Bonchev–Trinajstić information content (AvgIpc) is 3.11. The first-order valence-corrected chi connectivity index (χ1v) is 14.5. The number of aromatic nitrogens is 2. The number of ether oxygens (including phenoxy) is 2. The molecule has 2 aromatic rings. The number of nitrogens with two attached hydrogens (primary N) is 1. The molecule has 0 aliphatic rings. The molecule has 1 aromatic carbocycles. The number of imidazole rings is 1. The molecule has 0 atom stereocenters. The van der Waals surface area contributed by atoms with E-state index in [4.69, 9.17) is 47.5 Å². The molecule has 198 valence electrons. The van der Waals surface area contributed by atoms with Crippen LogP contribution in [0.25, 0.3) is 0 Å². The summed E-state index contributed by atoms with van der Waals surface area (Å²) in [6.07, 6.45) is -1.10. The Hall–Kier alpha value is -1.70. The van der Waals surface area contributed by atoms with Crippen LogP contribution in [0.5, 0.6) is 0 Å². The van der Waals surface area contributed by atoms with Gasteiger partial charge in [0.25, 0.3) is 0 Å². The quantitative estimate of drug-likeness (QED) is 0.167. The Morgan fingerprint density at radius 2 is 1.81 bits per heavy atom. The van der Waals surface area contributed by atoms with Crippen LogP contribution in [-0.4, -0.2) is 41.8 Å². The fourth-order valence-electron chi connectivity index (χ4n) is 2.99. The molecule has 2 rings (SSSR count). The molecule has 1 aromatic heterocycles. The first-order chi connectivity index (χ1) is 17.1.